The predicted molar refractivity (Wildman–Crippen MR) is 101 cm³/mol. The lowest BCUT2D eigenvalue weighted by molar-refractivity contribution is -0.123. The van der Waals surface area contributed by atoms with Crippen LogP contribution in [0.15, 0.2) is 43.0 Å². The zero-order chi connectivity index (χ0) is 17.9. The standard InChI is InChI=1S/C20H31N3O2/c1-2-18(15-23-21)20(24)22-14-17-10-8-16(9-11-17)12-13-25-19-6-4-3-5-7-19/h2-7,16-18,23H,1,8-15,21H2,(H,22,24). The van der Waals surface area contributed by atoms with Crippen molar-refractivity contribution in [3.63, 3.8) is 0 Å². The Morgan fingerprint density at radius 2 is 1.92 bits per heavy atom. The van der Waals surface area contributed by atoms with Crippen LogP contribution in [0.1, 0.15) is 32.1 Å². The van der Waals surface area contributed by atoms with E-state index in [0.717, 1.165) is 31.2 Å². The fourth-order valence-electron chi connectivity index (χ4n) is 3.37. The zero-order valence-electron chi connectivity index (χ0n) is 15.0. The lowest BCUT2D eigenvalue weighted by Gasteiger charge is -2.29. The largest absolute Gasteiger partial charge is 0.494 e. The quantitative estimate of drug-likeness (QED) is 0.346. The van der Waals surface area contributed by atoms with E-state index in [0.29, 0.717) is 12.5 Å². The summed E-state index contributed by atoms with van der Waals surface area (Å²) < 4.78 is 5.79. The second-order valence-corrected chi connectivity index (χ2v) is 6.83. The van der Waals surface area contributed by atoms with Gasteiger partial charge in [-0.2, -0.15) is 0 Å². The maximum atomic E-state index is 12.1. The Morgan fingerprint density at radius 1 is 1.24 bits per heavy atom. The van der Waals surface area contributed by atoms with Crippen molar-refractivity contribution in [1.29, 1.82) is 0 Å². The number of hydrogen-bond acceptors (Lipinski definition) is 4. The van der Waals surface area contributed by atoms with Gasteiger partial charge in [0.15, 0.2) is 0 Å². The summed E-state index contributed by atoms with van der Waals surface area (Å²) in [5.41, 5.74) is 2.53. The monoisotopic (exact) mass is 345 g/mol. The van der Waals surface area contributed by atoms with Gasteiger partial charge < -0.3 is 10.1 Å². The van der Waals surface area contributed by atoms with Gasteiger partial charge in [0.1, 0.15) is 5.75 Å². The van der Waals surface area contributed by atoms with Crippen molar-refractivity contribution >= 4 is 5.91 Å². The molecule has 25 heavy (non-hydrogen) atoms. The molecule has 1 unspecified atom stereocenters. The Morgan fingerprint density at radius 3 is 2.56 bits per heavy atom. The van der Waals surface area contributed by atoms with E-state index < -0.39 is 0 Å². The highest BCUT2D eigenvalue weighted by Crippen LogP contribution is 2.30. The number of benzene rings is 1. The van der Waals surface area contributed by atoms with E-state index in [1.165, 1.54) is 25.7 Å². The summed E-state index contributed by atoms with van der Waals surface area (Å²) in [7, 11) is 0. The molecule has 5 nitrogen and oxygen atoms in total. The third-order valence-corrected chi connectivity index (χ3v) is 5.03. The number of hydrazine groups is 1. The van der Waals surface area contributed by atoms with Gasteiger partial charge in [-0.25, -0.2) is 0 Å². The van der Waals surface area contributed by atoms with Gasteiger partial charge >= 0.3 is 0 Å². The Hall–Kier alpha value is -1.85. The first kappa shape index (κ1) is 19.5. The number of nitrogens with two attached hydrogens (primary N) is 1. The fraction of sp³-hybridized carbons (Fsp3) is 0.550. The topological polar surface area (TPSA) is 76.4 Å². The number of carbonyl (C=O) groups excluding carboxylic acids is 1. The first-order valence-electron chi connectivity index (χ1n) is 9.24. The molecule has 1 aromatic rings. The fourth-order valence-corrected chi connectivity index (χ4v) is 3.37. The number of ether oxygens (including phenoxy) is 1. The zero-order valence-corrected chi connectivity index (χ0v) is 15.0. The van der Waals surface area contributed by atoms with Crippen LogP contribution < -0.4 is 21.3 Å². The molecule has 5 heteroatoms. The average Bonchev–Trinajstić information content (AvgIpc) is 2.66. The van der Waals surface area contributed by atoms with Gasteiger partial charge in [0.25, 0.3) is 0 Å². The maximum absolute atomic E-state index is 12.1. The number of amides is 1. The highest BCUT2D eigenvalue weighted by molar-refractivity contribution is 5.80. The molecule has 1 aliphatic rings. The molecular formula is C20H31N3O2. The molecular weight excluding hydrogens is 314 g/mol. The molecule has 1 fully saturated rings. The van der Waals surface area contributed by atoms with Gasteiger partial charge in [-0.05, 0) is 56.1 Å². The highest BCUT2D eigenvalue weighted by atomic mass is 16.5. The number of para-hydroxylation sites is 1. The molecule has 4 N–H and O–H groups in total. The van der Waals surface area contributed by atoms with Crippen molar-refractivity contribution in [3.05, 3.63) is 43.0 Å². The van der Waals surface area contributed by atoms with Crippen LogP contribution in [-0.2, 0) is 4.79 Å². The van der Waals surface area contributed by atoms with E-state index in [1.807, 2.05) is 30.3 Å². The molecule has 0 radical (unpaired) electrons. The van der Waals surface area contributed by atoms with Crippen molar-refractivity contribution in [2.45, 2.75) is 32.1 Å². The van der Waals surface area contributed by atoms with Gasteiger partial charge in [0.05, 0.1) is 12.5 Å². The van der Waals surface area contributed by atoms with Gasteiger partial charge in [-0.3, -0.25) is 16.1 Å². The molecule has 0 aromatic heterocycles. The normalized spacial score (nSPS) is 21.3. The first-order chi connectivity index (χ1) is 12.2. The molecule has 0 saturated heterocycles. The number of nitrogens with one attached hydrogen (secondary N) is 2. The van der Waals surface area contributed by atoms with E-state index in [-0.39, 0.29) is 11.8 Å². The lowest BCUT2D eigenvalue weighted by atomic mass is 9.80. The van der Waals surface area contributed by atoms with Gasteiger partial charge in [0.2, 0.25) is 5.91 Å². The van der Waals surface area contributed by atoms with E-state index >= 15 is 0 Å². The summed E-state index contributed by atoms with van der Waals surface area (Å²) in [6, 6.07) is 9.98. The number of hydrogen-bond donors (Lipinski definition) is 3. The lowest BCUT2D eigenvalue weighted by Crippen LogP contribution is -2.40. The molecule has 0 bridgehead atoms. The van der Waals surface area contributed by atoms with E-state index in [2.05, 4.69) is 17.3 Å². The summed E-state index contributed by atoms with van der Waals surface area (Å²) in [5, 5.41) is 3.04. The Labute approximate surface area is 151 Å². The molecule has 0 heterocycles. The minimum Gasteiger partial charge on any atom is -0.494 e. The Bertz CT molecular complexity index is 513. The van der Waals surface area contributed by atoms with Crippen molar-refractivity contribution < 1.29 is 9.53 Å². The summed E-state index contributed by atoms with van der Waals surface area (Å²) in [4.78, 5) is 12.1. The van der Waals surface area contributed by atoms with Gasteiger partial charge in [-0.1, -0.05) is 24.3 Å². The Kier molecular flexibility index (Phi) is 8.49. The third kappa shape index (κ3) is 6.88. The molecule has 1 aliphatic carbocycles. The van der Waals surface area contributed by atoms with Gasteiger partial charge in [-0.15, -0.1) is 6.58 Å². The summed E-state index contributed by atoms with van der Waals surface area (Å²) in [6.45, 7) is 5.64. The van der Waals surface area contributed by atoms with E-state index in [1.54, 1.807) is 6.08 Å². The summed E-state index contributed by atoms with van der Waals surface area (Å²) in [6.07, 6.45) is 7.52. The first-order valence-corrected chi connectivity index (χ1v) is 9.24. The van der Waals surface area contributed by atoms with Crippen molar-refractivity contribution in [3.8, 4) is 5.75 Å². The van der Waals surface area contributed by atoms with E-state index in [4.69, 9.17) is 10.6 Å². The van der Waals surface area contributed by atoms with Crippen molar-refractivity contribution in [1.82, 2.24) is 10.7 Å². The maximum Gasteiger partial charge on any atom is 0.228 e. The highest BCUT2D eigenvalue weighted by Gasteiger charge is 2.22. The van der Waals surface area contributed by atoms with Crippen LogP contribution in [0.5, 0.6) is 5.75 Å². The van der Waals surface area contributed by atoms with E-state index in [9.17, 15) is 4.79 Å². The van der Waals surface area contributed by atoms with Crippen LogP contribution in [0.25, 0.3) is 0 Å². The molecule has 1 aromatic carbocycles. The molecule has 1 amide bonds. The second kappa shape index (κ2) is 10.9. The summed E-state index contributed by atoms with van der Waals surface area (Å²) >= 11 is 0. The number of rotatable bonds is 10. The van der Waals surface area contributed by atoms with Crippen LogP contribution in [-0.4, -0.2) is 25.6 Å². The minimum absolute atomic E-state index is 0.00587. The van der Waals surface area contributed by atoms with Crippen LogP contribution in [0.2, 0.25) is 0 Å². The van der Waals surface area contributed by atoms with Crippen LogP contribution in [0, 0.1) is 17.8 Å². The second-order valence-electron chi connectivity index (χ2n) is 6.83. The van der Waals surface area contributed by atoms with Crippen LogP contribution in [0.3, 0.4) is 0 Å². The predicted octanol–water partition coefficient (Wildman–Crippen LogP) is 2.64. The van der Waals surface area contributed by atoms with Crippen molar-refractivity contribution in [2.75, 3.05) is 19.7 Å². The molecule has 1 saturated carbocycles. The molecule has 0 spiro atoms. The molecule has 0 aliphatic heterocycles. The smallest absolute Gasteiger partial charge is 0.228 e. The average molecular weight is 345 g/mol. The minimum atomic E-state index is -0.267. The number of carbonyl (C=O) groups is 1. The van der Waals surface area contributed by atoms with Crippen LogP contribution in [0.4, 0.5) is 0 Å². The summed E-state index contributed by atoms with van der Waals surface area (Å²) in [5.74, 6) is 7.28. The molecule has 1 atom stereocenters. The molecule has 2 rings (SSSR count). The van der Waals surface area contributed by atoms with Gasteiger partial charge in [0, 0.05) is 13.1 Å². The Balaban J connectivity index is 1.59. The van der Waals surface area contributed by atoms with Crippen LogP contribution >= 0.6 is 0 Å². The molecule has 138 valence electrons. The van der Waals surface area contributed by atoms with Crippen molar-refractivity contribution in [2.24, 2.45) is 23.6 Å². The third-order valence-electron chi connectivity index (χ3n) is 5.03. The SMILES string of the molecule is C=CC(CNN)C(=O)NCC1CCC(CCOc2ccccc2)CC1.